The second-order valence-electron chi connectivity index (χ2n) is 4.15. The summed E-state index contributed by atoms with van der Waals surface area (Å²) in [5.74, 6) is 1.33. The van der Waals surface area contributed by atoms with Crippen LogP contribution in [0.25, 0.3) is 0 Å². The summed E-state index contributed by atoms with van der Waals surface area (Å²) in [6.45, 7) is 2.73. The lowest BCUT2D eigenvalue weighted by atomic mass is 10.1. The number of hydrogen-bond acceptors (Lipinski definition) is 2. The molecule has 1 amide bonds. The van der Waals surface area contributed by atoms with E-state index in [2.05, 4.69) is 24.4 Å². The molecular formula is C13H17NOS. The summed E-state index contributed by atoms with van der Waals surface area (Å²) in [7, 11) is 0. The van der Waals surface area contributed by atoms with Crippen LogP contribution in [-0.4, -0.2) is 16.9 Å². The van der Waals surface area contributed by atoms with Crippen molar-refractivity contribution in [3.63, 3.8) is 0 Å². The smallest absolute Gasteiger partial charge is 0.233 e. The first kappa shape index (κ1) is 11.5. The molecule has 0 spiro atoms. The molecule has 3 heteroatoms. The molecule has 0 aliphatic carbocycles. The van der Waals surface area contributed by atoms with Gasteiger partial charge in [0.05, 0.1) is 5.25 Å². The van der Waals surface area contributed by atoms with Gasteiger partial charge in [0, 0.05) is 6.54 Å². The molecule has 1 fully saturated rings. The van der Waals surface area contributed by atoms with Gasteiger partial charge in [0.15, 0.2) is 0 Å². The molecule has 1 unspecified atom stereocenters. The SMILES string of the molecule is Cc1ccccc1CNC(=O)C1CCCS1. The van der Waals surface area contributed by atoms with E-state index >= 15 is 0 Å². The highest BCUT2D eigenvalue weighted by Gasteiger charge is 2.22. The van der Waals surface area contributed by atoms with Crippen molar-refractivity contribution in [2.24, 2.45) is 0 Å². The molecule has 1 N–H and O–H groups in total. The summed E-state index contributed by atoms with van der Waals surface area (Å²) in [6, 6.07) is 8.18. The van der Waals surface area contributed by atoms with E-state index < -0.39 is 0 Å². The van der Waals surface area contributed by atoms with Crippen molar-refractivity contribution in [1.82, 2.24) is 5.32 Å². The Morgan fingerprint density at radius 3 is 3.00 bits per heavy atom. The van der Waals surface area contributed by atoms with E-state index in [1.165, 1.54) is 17.5 Å². The van der Waals surface area contributed by atoms with Gasteiger partial charge >= 0.3 is 0 Å². The van der Waals surface area contributed by atoms with Crippen molar-refractivity contribution in [1.29, 1.82) is 0 Å². The third-order valence-electron chi connectivity index (χ3n) is 2.94. The zero-order valence-corrected chi connectivity index (χ0v) is 10.3. The number of hydrogen-bond donors (Lipinski definition) is 1. The molecule has 1 aromatic rings. The van der Waals surface area contributed by atoms with Gasteiger partial charge in [-0.25, -0.2) is 0 Å². The predicted molar refractivity (Wildman–Crippen MR) is 68.5 cm³/mol. The number of nitrogens with one attached hydrogen (secondary N) is 1. The molecule has 2 nitrogen and oxygen atoms in total. The standard InChI is InChI=1S/C13H17NOS/c1-10-5-2-3-6-11(10)9-14-13(15)12-7-4-8-16-12/h2-3,5-6,12H,4,7-9H2,1H3,(H,14,15). The lowest BCUT2D eigenvalue weighted by Crippen LogP contribution is -2.30. The van der Waals surface area contributed by atoms with Gasteiger partial charge in [-0.1, -0.05) is 24.3 Å². The molecule has 16 heavy (non-hydrogen) atoms. The fourth-order valence-electron chi connectivity index (χ4n) is 1.89. The minimum Gasteiger partial charge on any atom is -0.351 e. The Balaban J connectivity index is 1.87. The average Bonchev–Trinajstić information content (AvgIpc) is 2.81. The van der Waals surface area contributed by atoms with E-state index in [9.17, 15) is 4.79 Å². The van der Waals surface area contributed by atoms with Crippen LogP contribution in [0.4, 0.5) is 0 Å². The van der Waals surface area contributed by atoms with E-state index in [0.717, 1.165) is 12.2 Å². The number of aryl methyl sites for hydroxylation is 1. The van der Waals surface area contributed by atoms with E-state index in [1.807, 2.05) is 12.1 Å². The molecule has 86 valence electrons. The predicted octanol–water partition coefficient (Wildman–Crippen LogP) is 2.51. The summed E-state index contributed by atoms with van der Waals surface area (Å²) in [4.78, 5) is 11.8. The van der Waals surface area contributed by atoms with Gasteiger partial charge in [-0.3, -0.25) is 4.79 Å². The Bertz CT molecular complexity index is 372. The van der Waals surface area contributed by atoms with Crippen LogP contribution in [0, 0.1) is 6.92 Å². The highest BCUT2D eigenvalue weighted by atomic mass is 32.2. The van der Waals surface area contributed by atoms with Gasteiger partial charge in [0.1, 0.15) is 0 Å². The van der Waals surface area contributed by atoms with Crippen molar-refractivity contribution in [3.05, 3.63) is 35.4 Å². The average molecular weight is 235 g/mol. The molecule has 0 bridgehead atoms. The topological polar surface area (TPSA) is 29.1 Å². The van der Waals surface area contributed by atoms with Crippen LogP contribution in [0.2, 0.25) is 0 Å². The fourth-order valence-corrected chi connectivity index (χ4v) is 3.07. The Morgan fingerprint density at radius 1 is 1.50 bits per heavy atom. The first-order valence-corrected chi connectivity index (χ1v) is 6.76. The Hall–Kier alpha value is -0.960. The second kappa shape index (κ2) is 5.39. The molecular weight excluding hydrogens is 218 g/mol. The maximum atomic E-state index is 11.8. The Morgan fingerprint density at radius 2 is 2.31 bits per heavy atom. The molecule has 1 atom stereocenters. The van der Waals surface area contributed by atoms with Crippen molar-refractivity contribution < 1.29 is 4.79 Å². The van der Waals surface area contributed by atoms with Crippen molar-refractivity contribution in [2.75, 3.05) is 5.75 Å². The fraction of sp³-hybridized carbons (Fsp3) is 0.462. The molecule has 1 heterocycles. The third-order valence-corrected chi connectivity index (χ3v) is 4.31. The lowest BCUT2D eigenvalue weighted by molar-refractivity contribution is -0.120. The van der Waals surface area contributed by atoms with Crippen molar-refractivity contribution >= 4 is 17.7 Å². The first-order valence-electron chi connectivity index (χ1n) is 5.71. The molecule has 0 saturated carbocycles. The van der Waals surface area contributed by atoms with Crippen LogP contribution in [0.5, 0.6) is 0 Å². The van der Waals surface area contributed by atoms with E-state index in [1.54, 1.807) is 11.8 Å². The van der Waals surface area contributed by atoms with Crippen LogP contribution in [0.15, 0.2) is 24.3 Å². The van der Waals surface area contributed by atoms with Crippen LogP contribution in [0.1, 0.15) is 24.0 Å². The van der Waals surface area contributed by atoms with Crippen LogP contribution in [-0.2, 0) is 11.3 Å². The number of carbonyl (C=O) groups excluding carboxylic acids is 1. The lowest BCUT2D eigenvalue weighted by Gasteiger charge is -2.11. The van der Waals surface area contributed by atoms with Gasteiger partial charge in [-0.2, -0.15) is 0 Å². The second-order valence-corrected chi connectivity index (χ2v) is 5.46. The summed E-state index contributed by atoms with van der Waals surface area (Å²) in [5, 5.41) is 3.21. The maximum Gasteiger partial charge on any atom is 0.233 e. The van der Waals surface area contributed by atoms with Crippen LogP contribution >= 0.6 is 11.8 Å². The minimum atomic E-state index is 0.184. The molecule has 1 aliphatic heterocycles. The summed E-state index contributed by atoms with van der Waals surface area (Å²) in [5.41, 5.74) is 2.45. The van der Waals surface area contributed by atoms with E-state index in [0.29, 0.717) is 6.54 Å². The summed E-state index contributed by atoms with van der Waals surface area (Å²) < 4.78 is 0. The molecule has 0 aromatic heterocycles. The number of thioether (sulfide) groups is 1. The third kappa shape index (κ3) is 2.79. The monoisotopic (exact) mass is 235 g/mol. The quantitative estimate of drug-likeness (QED) is 0.872. The largest absolute Gasteiger partial charge is 0.351 e. The normalized spacial score (nSPS) is 19.7. The van der Waals surface area contributed by atoms with Gasteiger partial charge in [0.2, 0.25) is 5.91 Å². The van der Waals surface area contributed by atoms with Crippen LogP contribution < -0.4 is 5.32 Å². The van der Waals surface area contributed by atoms with Gasteiger partial charge < -0.3 is 5.32 Å². The Labute approximate surface area is 101 Å². The van der Waals surface area contributed by atoms with Crippen molar-refractivity contribution in [2.45, 2.75) is 31.6 Å². The number of benzene rings is 1. The van der Waals surface area contributed by atoms with Gasteiger partial charge in [-0.05, 0) is 36.6 Å². The number of amides is 1. The highest BCUT2D eigenvalue weighted by molar-refractivity contribution is 8.00. The van der Waals surface area contributed by atoms with E-state index in [-0.39, 0.29) is 11.2 Å². The van der Waals surface area contributed by atoms with Crippen LogP contribution in [0.3, 0.4) is 0 Å². The van der Waals surface area contributed by atoms with E-state index in [4.69, 9.17) is 0 Å². The van der Waals surface area contributed by atoms with Crippen molar-refractivity contribution in [3.8, 4) is 0 Å². The zero-order chi connectivity index (χ0) is 11.4. The molecule has 1 saturated heterocycles. The molecule has 1 aliphatic rings. The zero-order valence-electron chi connectivity index (χ0n) is 9.53. The number of carbonyl (C=O) groups is 1. The minimum absolute atomic E-state index is 0.184. The van der Waals surface area contributed by atoms with Gasteiger partial charge in [-0.15, -0.1) is 11.8 Å². The summed E-state index contributed by atoms with van der Waals surface area (Å²) >= 11 is 1.78. The molecule has 0 radical (unpaired) electrons. The maximum absolute atomic E-state index is 11.8. The Kier molecular flexibility index (Phi) is 3.88. The first-order chi connectivity index (χ1) is 7.77. The highest BCUT2D eigenvalue weighted by Crippen LogP contribution is 2.26. The molecule has 2 rings (SSSR count). The number of rotatable bonds is 3. The molecule has 1 aromatic carbocycles. The van der Waals surface area contributed by atoms with Gasteiger partial charge in [0.25, 0.3) is 0 Å². The summed E-state index contributed by atoms with van der Waals surface area (Å²) in [6.07, 6.45) is 2.21.